The third-order valence-corrected chi connectivity index (χ3v) is 6.28. The van der Waals surface area contributed by atoms with E-state index in [1.807, 2.05) is 0 Å². The quantitative estimate of drug-likeness (QED) is 0.372. The fourth-order valence-electron chi connectivity index (χ4n) is 3.25. The first-order chi connectivity index (χ1) is 6.81. The molecule has 14 heavy (non-hydrogen) atoms. The van der Waals surface area contributed by atoms with Crippen molar-refractivity contribution in [2.75, 3.05) is 5.33 Å². The zero-order valence-corrected chi connectivity index (χ0v) is 12.3. The van der Waals surface area contributed by atoms with Crippen LogP contribution in [0.5, 0.6) is 0 Å². The van der Waals surface area contributed by atoms with Crippen LogP contribution in [0, 0.1) is 0 Å². The summed E-state index contributed by atoms with van der Waals surface area (Å²) in [4.78, 5) is 0. The number of fused-ring (bicyclic) bond motifs is 2. The van der Waals surface area contributed by atoms with Crippen LogP contribution < -0.4 is 0 Å². The minimum Gasteiger partial charge on any atom is -0.105 e. The molecule has 0 radical (unpaired) electrons. The summed E-state index contributed by atoms with van der Waals surface area (Å²) < 4.78 is 1.51. The Morgan fingerprint density at radius 1 is 1.21 bits per heavy atom. The van der Waals surface area contributed by atoms with Gasteiger partial charge in [0.1, 0.15) is 0 Å². The number of halogens is 2. The molecule has 3 heteroatoms. The molecule has 0 aromatic heterocycles. The Morgan fingerprint density at radius 2 is 1.71 bits per heavy atom. The highest BCUT2D eigenvalue weighted by Crippen LogP contribution is 2.47. The molecule has 0 nitrogen and oxygen atoms in total. The summed E-state index contributed by atoms with van der Waals surface area (Å²) >= 11 is 6.03. The van der Waals surface area contributed by atoms with Crippen LogP contribution in [0.25, 0.3) is 0 Å². The maximum Gasteiger partial charge on any atom is 0.173 e. The normalized spacial score (nSPS) is 33.3. The van der Waals surface area contributed by atoms with E-state index in [2.05, 4.69) is 44.5 Å². The molecule has 0 aliphatic carbocycles. The van der Waals surface area contributed by atoms with Gasteiger partial charge in [-0.05, 0) is 26.2 Å². The molecule has 2 heterocycles. The molecule has 0 aromatic rings. The van der Waals surface area contributed by atoms with Crippen molar-refractivity contribution in [2.45, 2.75) is 50.2 Å². The summed E-state index contributed by atoms with van der Waals surface area (Å²) in [5, 5.41) is 1.05. The molecule has 2 bridgehead atoms. The van der Waals surface area contributed by atoms with Gasteiger partial charge in [0, 0.05) is 5.33 Å². The van der Waals surface area contributed by atoms with Gasteiger partial charge >= 0.3 is 0 Å². The lowest BCUT2D eigenvalue weighted by Crippen LogP contribution is -2.33. The van der Waals surface area contributed by atoms with Gasteiger partial charge in [-0.15, -0.1) is 5.98 Å². The van der Waals surface area contributed by atoms with Gasteiger partial charge in [-0.3, -0.25) is 0 Å². The molecule has 2 saturated heterocycles. The van der Waals surface area contributed by atoms with Gasteiger partial charge < -0.3 is 0 Å². The third-order valence-electron chi connectivity index (χ3n) is 3.89. The van der Waals surface area contributed by atoms with Crippen LogP contribution >= 0.6 is 38.5 Å². The average molecular weight is 367 g/mol. The maximum atomic E-state index is 3.55. The van der Waals surface area contributed by atoms with Crippen molar-refractivity contribution in [2.24, 2.45) is 0 Å². The Hall–Kier alpha value is 1.01. The summed E-state index contributed by atoms with van der Waals surface area (Å²) in [6, 6.07) is 0. The van der Waals surface area contributed by atoms with Crippen molar-refractivity contribution in [3.63, 3.8) is 0 Å². The Bertz CT molecular complexity index is 207. The summed E-state index contributed by atoms with van der Waals surface area (Å²) in [6.45, 7) is 0.918. The van der Waals surface area contributed by atoms with Gasteiger partial charge in [-0.2, -0.15) is 0 Å². The number of hydrogen-bond donors (Lipinski definition) is 0. The van der Waals surface area contributed by atoms with Crippen LogP contribution in [0.1, 0.15) is 38.5 Å². The molecule has 0 amide bonds. The molecular weight excluding hydrogens is 350 g/mol. The van der Waals surface area contributed by atoms with Crippen molar-refractivity contribution in [1.82, 2.24) is 0 Å². The summed E-state index contributed by atoms with van der Waals surface area (Å²) in [7, 11) is 0. The fourth-order valence-corrected chi connectivity index (χ4v) is 3.86. The van der Waals surface area contributed by atoms with E-state index in [1.54, 1.807) is 0 Å². The average Bonchev–Trinajstić information content (AvgIpc) is 2.17. The van der Waals surface area contributed by atoms with Crippen LogP contribution in [0.4, 0.5) is 0 Å². The van der Waals surface area contributed by atoms with Crippen LogP contribution in [0.2, 0.25) is 11.6 Å². The summed E-state index contributed by atoms with van der Waals surface area (Å²) in [5.41, 5.74) is 0. The van der Waals surface area contributed by atoms with Crippen LogP contribution in [0.3, 0.4) is 0 Å². The van der Waals surface area contributed by atoms with Crippen molar-refractivity contribution in [3.05, 3.63) is 9.56 Å². The molecule has 2 aliphatic heterocycles. The van der Waals surface area contributed by atoms with Crippen LogP contribution in [-0.2, 0) is 0 Å². The predicted octanol–water partition coefficient (Wildman–Crippen LogP) is 4.84. The lowest BCUT2D eigenvalue weighted by atomic mass is 9.27. The number of rotatable bonds is 2. The highest BCUT2D eigenvalue weighted by molar-refractivity contribution is 14.1. The monoisotopic (exact) mass is 366 g/mol. The molecular formula is C11H17BBrI. The molecule has 2 fully saturated rings. The Kier molecular flexibility index (Phi) is 4.42. The highest BCUT2D eigenvalue weighted by atomic mass is 127. The number of allylic oxidation sites excluding steroid dienone is 1. The lowest BCUT2D eigenvalue weighted by molar-refractivity contribution is 0.447. The molecule has 78 valence electrons. The van der Waals surface area contributed by atoms with Crippen LogP contribution in [-0.4, -0.2) is 12.0 Å². The van der Waals surface area contributed by atoms with Gasteiger partial charge in [0.25, 0.3) is 0 Å². The van der Waals surface area contributed by atoms with Crippen molar-refractivity contribution in [1.29, 1.82) is 0 Å². The van der Waals surface area contributed by atoms with E-state index in [-0.39, 0.29) is 0 Å². The molecule has 2 rings (SSSR count). The second-order valence-corrected chi connectivity index (χ2v) is 6.65. The second-order valence-electron chi connectivity index (χ2n) is 4.71. The Labute approximate surface area is 110 Å². The van der Waals surface area contributed by atoms with Crippen molar-refractivity contribution in [3.8, 4) is 0 Å². The first-order valence-electron chi connectivity index (χ1n) is 5.73. The SMILES string of the molecule is BrC/C(I)=C\B1C2CCCC1CCC2. The third kappa shape index (κ3) is 2.57. The molecule has 2 aliphatic rings. The molecule has 0 unspecified atom stereocenters. The van der Waals surface area contributed by atoms with E-state index in [0.717, 1.165) is 23.7 Å². The summed E-state index contributed by atoms with van der Waals surface area (Å²) in [5.74, 6) is 4.60. The molecule has 0 spiro atoms. The van der Waals surface area contributed by atoms with E-state index in [1.165, 1.54) is 42.1 Å². The zero-order chi connectivity index (χ0) is 9.97. The molecule has 0 atom stereocenters. The topological polar surface area (TPSA) is 0 Å². The Balaban J connectivity index is 2.08. The van der Waals surface area contributed by atoms with E-state index in [9.17, 15) is 0 Å². The predicted molar refractivity (Wildman–Crippen MR) is 76.9 cm³/mol. The van der Waals surface area contributed by atoms with E-state index >= 15 is 0 Å². The van der Waals surface area contributed by atoms with E-state index in [0.29, 0.717) is 0 Å². The zero-order valence-electron chi connectivity index (χ0n) is 8.52. The molecule has 0 aromatic carbocycles. The minimum absolute atomic E-state index is 0.918. The largest absolute Gasteiger partial charge is 0.173 e. The van der Waals surface area contributed by atoms with Crippen molar-refractivity contribution >= 4 is 45.2 Å². The maximum absolute atomic E-state index is 3.55. The van der Waals surface area contributed by atoms with Gasteiger partial charge in [0.15, 0.2) is 6.71 Å². The first kappa shape index (κ1) is 11.5. The highest BCUT2D eigenvalue weighted by Gasteiger charge is 2.37. The smallest absolute Gasteiger partial charge is 0.105 e. The van der Waals surface area contributed by atoms with Crippen LogP contribution in [0.15, 0.2) is 9.56 Å². The standard InChI is InChI=1S/C11H17BBrI/c13-8-11(14)7-12-9-3-1-4-10(12)6-2-5-9/h7,9-10H,1-6,8H2/b11-7+. The lowest BCUT2D eigenvalue weighted by Gasteiger charge is -2.39. The molecule has 0 N–H and O–H groups in total. The Morgan fingerprint density at radius 3 is 2.14 bits per heavy atom. The first-order valence-corrected chi connectivity index (χ1v) is 7.93. The van der Waals surface area contributed by atoms with Gasteiger partial charge in [0.2, 0.25) is 0 Å². The van der Waals surface area contributed by atoms with E-state index < -0.39 is 0 Å². The second kappa shape index (κ2) is 5.38. The fraction of sp³-hybridized carbons (Fsp3) is 0.818. The summed E-state index contributed by atoms with van der Waals surface area (Å²) in [6.07, 6.45) is 8.94. The number of hydrogen-bond acceptors (Lipinski definition) is 0. The van der Waals surface area contributed by atoms with Crippen molar-refractivity contribution < 1.29 is 0 Å². The van der Waals surface area contributed by atoms with Gasteiger partial charge in [-0.1, -0.05) is 66.1 Å². The minimum atomic E-state index is 0.918. The van der Waals surface area contributed by atoms with E-state index in [4.69, 9.17) is 0 Å². The molecule has 0 saturated carbocycles. The van der Waals surface area contributed by atoms with Gasteiger partial charge in [-0.25, -0.2) is 0 Å². The van der Waals surface area contributed by atoms with Gasteiger partial charge in [0.05, 0.1) is 0 Å². The number of alkyl halides is 1.